The van der Waals surface area contributed by atoms with Gasteiger partial charge in [0, 0.05) is 7.05 Å². The fourth-order valence-electron chi connectivity index (χ4n) is 2.41. The maximum absolute atomic E-state index is 12.0. The molecule has 0 aliphatic heterocycles. The molecule has 0 bridgehead atoms. The molecule has 0 atom stereocenters. The molecule has 0 spiro atoms. The van der Waals surface area contributed by atoms with Crippen molar-refractivity contribution >= 4 is 22.8 Å². The third kappa shape index (κ3) is 3.43. The largest absolute Gasteiger partial charge is 0.347 e. The molecule has 0 fully saturated rings. The minimum atomic E-state index is -0.336. The van der Waals surface area contributed by atoms with Gasteiger partial charge >= 0.3 is 0 Å². The average molecular weight is 326 g/mol. The summed E-state index contributed by atoms with van der Waals surface area (Å²) in [5.74, 6) is 0.0396. The van der Waals surface area contributed by atoms with Crippen molar-refractivity contribution in [2.45, 2.75) is 13.5 Å². The second-order valence-electron chi connectivity index (χ2n) is 5.45. The zero-order valence-electron chi connectivity index (χ0n) is 13.5. The number of benzene rings is 1. The Morgan fingerprint density at radius 3 is 2.75 bits per heavy atom. The van der Waals surface area contributed by atoms with Crippen LogP contribution in [0.3, 0.4) is 0 Å². The fourth-order valence-corrected chi connectivity index (χ4v) is 2.41. The average Bonchev–Trinajstić information content (AvgIpc) is 3.12. The molecule has 3 rings (SSSR count). The van der Waals surface area contributed by atoms with Gasteiger partial charge in [-0.3, -0.25) is 14.3 Å². The van der Waals surface area contributed by atoms with Gasteiger partial charge in [0.05, 0.1) is 29.8 Å². The van der Waals surface area contributed by atoms with Crippen molar-refractivity contribution in [2.24, 2.45) is 7.05 Å². The first-order valence-corrected chi connectivity index (χ1v) is 7.52. The Hall–Kier alpha value is -3.16. The smallest absolute Gasteiger partial charge is 0.269 e. The standard InChI is InChI=1S/C16H18N6O2/c1-10-7-13(22(2)21-10)16(24)18-9-15(23)17-8-14-19-11-5-3-4-6-12(11)20-14/h3-7H,8-9H2,1-2H3,(H,17,23)(H,18,24)(H,19,20). The molecule has 3 N–H and O–H groups in total. The number of para-hydroxylation sites is 2. The fraction of sp³-hybridized carbons (Fsp3) is 0.250. The number of carbonyl (C=O) groups is 2. The van der Waals surface area contributed by atoms with Gasteiger partial charge < -0.3 is 15.6 Å². The molecule has 2 aromatic heterocycles. The minimum absolute atomic E-state index is 0.108. The van der Waals surface area contributed by atoms with Crippen molar-refractivity contribution in [3.63, 3.8) is 0 Å². The van der Waals surface area contributed by atoms with Gasteiger partial charge in [0.25, 0.3) is 5.91 Å². The predicted octanol–water partition coefficient (Wildman–Crippen LogP) is 0.651. The monoisotopic (exact) mass is 326 g/mol. The van der Waals surface area contributed by atoms with Crippen LogP contribution in [0.25, 0.3) is 11.0 Å². The Balaban J connectivity index is 1.50. The first kappa shape index (κ1) is 15.7. The number of H-pyrrole nitrogens is 1. The van der Waals surface area contributed by atoms with Gasteiger partial charge in [-0.2, -0.15) is 5.10 Å². The van der Waals surface area contributed by atoms with Gasteiger partial charge in [0.15, 0.2) is 0 Å². The van der Waals surface area contributed by atoms with E-state index in [2.05, 4.69) is 25.7 Å². The number of amides is 2. The Bertz CT molecular complexity index is 862. The van der Waals surface area contributed by atoms with Gasteiger partial charge in [-0.25, -0.2) is 4.98 Å². The van der Waals surface area contributed by atoms with Gasteiger partial charge in [-0.05, 0) is 25.1 Å². The number of imidazole rings is 1. The number of hydrogen-bond acceptors (Lipinski definition) is 4. The Labute approximate surface area is 138 Å². The van der Waals surface area contributed by atoms with Gasteiger partial charge in [0.2, 0.25) is 5.91 Å². The summed E-state index contributed by atoms with van der Waals surface area (Å²) in [6.45, 7) is 1.97. The van der Waals surface area contributed by atoms with Crippen molar-refractivity contribution in [1.29, 1.82) is 0 Å². The summed E-state index contributed by atoms with van der Waals surface area (Å²) in [5, 5.41) is 9.39. The molecule has 0 radical (unpaired) electrons. The van der Waals surface area contributed by atoms with Crippen molar-refractivity contribution in [3.05, 3.63) is 47.5 Å². The van der Waals surface area contributed by atoms with E-state index < -0.39 is 0 Å². The summed E-state index contributed by atoms with van der Waals surface area (Å²) in [5.41, 5.74) is 2.93. The maximum Gasteiger partial charge on any atom is 0.269 e. The molecule has 24 heavy (non-hydrogen) atoms. The Kier molecular flexibility index (Phi) is 4.28. The summed E-state index contributed by atoms with van der Waals surface area (Å²) in [6.07, 6.45) is 0. The highest BCUT2D eigenvalue weighted by Gasteiger charge is 2.13. The highest BCUT2D eigenvalue weighted by molar-refractivity contribution is 5.95. The third-order valence-corrected chi connectivity index (χ3v) is 3.54. The van der Waals surface area contributed by atoms with Crippen LogP contribution < -0.4 is 10.6 Å². The van der Waals surface area contributed by atoms with Crippen LogP contribution in [0, 0.1) is 6.92 Å². The summed E-state index contributed by atoms with van der Waals surface area (Å²) in [4.78, 5) is 31.4. The van der Waals surface area contributed by atoms with Crippen LogP contribution in [-0.2, 0) is 18.4 Å². The number of nitrogens with one attached hydrogen (secondary N) is 3. The predicted molar refractivity (Wildman–Crippen MR) is 88.2 cm³/mol. The summed E-state index contributed by atoms with van der Waals surface area (Å²) < 4.78 is 1.48. The minimum Gasteiger partial charge on any atom is -0.347 e. The van der Waals surface area contributed by atoms with Crippen molar-refractivity contribution in [3.8, 4) is 0 Å². The lowest BCUT2D eigenvalue weighted by Crippen LogP contribution is -2.37. The number of aromatic amines is 1. The lowest BCUT2D eigenvalue weighted by Gasteiger charge is -2.06. The van der Waals surface area contributed by atoms with Crippen LogP contribution in [0.1, 0.15) is 22.0 Å². The highest BCUT2D eigenvalue weighted by Crippen LogP contribution is 2.09. The number of rotatable bonds is 5. The van der Waals surface area contributed by atoms with Gasteiger partial charge in [-0.15, -0.1) is 0 Å². The molecule has 0 saturated carbocycles. The molecule has 0 aliphatic rings. The number of hydrogen-bond donors (Lipinski definition) is 3. The van der Waals surface area contributed by atoms with Crippen LogP contribution in [-0.4, -0.2) is 38.1 Å². The first-order valence-electron chi connectivity index (χ1n) is 7.52. The van der Waals surface area contributed by atoms with E-state index in [1.165, 1.54) is 4.68 Å². The van der Waals surface area contributed by atoms with E-state index in [4.69, 9.17) is 0 Å². The topological polar surface area (TPSA) is 105 Å². The number of carbonyl (C=O) groups excluding carboxylic acids is 2. The lowest BCUT2D eigenvalue weighted by molar-refractivity contribution is -0.120. The lowest BCUT2D eigenvalue weighted by atomic mass is 10.3. The number of nitrogens with zero attached hydrogens (tertiary/aromatic N) is 3. The quantitative estimate of drug-likeness (QED) is 0.640. The zero-order chi connectivity index (χ0) is 17.1. The third-order valence-electron chi connectivity index (χ3n) is 3.54. The zero-order valence-corrected chi connectivity index (χ0v) is 13.5. The Morgan fingerprint density at radius 1 is 1.25 bits per heavy atom. The molecule has 124 valence electrons. The van der Waals surface area contributed by atoms with Crippen molar-refractivity contribution < 1.29 is 9.59 Å². The van der Waals surface area contributed by atoms with E-state index in [1.54, 1.807) is 20.0 Å². The van der Waals surface area contributed by atoms with Gasteiger partial charge in [0.1, 0.15) is 11.5 Å². The second-order valence-corrected chi connectivity index (χ2v) is 5.45. The molecule has 8 heteroatoms. The number of aryl methyl sites for hydroxylation is 2. The highest BCUT2D eigenvalue weighted by atomic mass is 16.2. The Morgan fingerprint density at radius 2 is 2.04 bits per heavy atom. The maximum atomic E-state index is 12.0. The molecule has 2 heterocycles. The molecule has 0 unspecified atom stereocenters. The van der Waals surface area contributed by atoms with E-state index in [9.17, 15) is 9.59 Å². The summed E-state index contributed by atoms with van der Waals surface area (Å²) in [6, 6.07) is 9.30. The molecule has 8 nitrogen and oxygen atoms in total. The van der Waals surface area contributed by atoms with Crippen LogP contribution >= 0.6 is 0 Å². The second kappa shape index (κ2) is 6.53. The molecule has 2 amide bonds. The number of fused-ring (bicyclic) bond motifs is 1. The SMILES string of the molecule is Cc1cc(C(=O)NCC(=O)NCc2nc3ccccc3[nH]2)n(C)n1. The summed E-state index contributed by atoms with van der Waals surface area (Å²) in [7, 11) is 1.68. The van der Waals surface area contributed by atoms with Crippen LogP contribution in [0.5, 0.6) is 0 Å². The van der Waals surface area contributed by atoms with E-state index in [0.29, 0.717) is 11.5 Å². The van der Waals surface area contributed by atoms with Crippen molar-refractivity contribution in [1.82, 2.24) is 30.4 Å². The number of aromatic nitrogens is 4. The van der Waals surface area contributed by atoms with Crippen LogP contribution in [0.4, 0.5) is 0 Å². The van der Waals surface area contributed by atoms with Crippen molar-refractivity contribution in [2.75, 3.05) is 6.54 Å². The molecule has 3 aromatic rings. The van der Waals surface area contributed by atoms with E-state index in [1.807, 2.05) is 24.3 Å². The van der Waals surface area contributed by atoms with Crippen LogP contribution in [0.2, 0.25) is 0 Å². The van der Waals surface area contributed by atoms with E-state index in [0.717, 1.165) is 16.7 Å². The molecule has 1 aromatic carbocycles. The van der Waals surface area contributed by atoms with Crippen LogP contribution in [0.15, 0.2) is 30.3 Å². The van der Waals surface area contributed by atoms with E-state index in [-0.39, 0.29) is 24.9 Å². The molecular weight excluding hydrogens is 308 g/mol. The first-order chi connectivity index (χ1) is 11.5. The molecule has 0 aliphatic carbocycles. The normalized spacial score (nSPS) is 10.8. The molecule has 0 saturated heterocycles. The van der Waals surface area contributed by atoms with Gasteiger partial charge in [-0.1, -0.05) is 12.1 Å². The molecular formula is C16H18N6O2. The summed E-state index contributed by atoms with van der Waals surface area (Å²) >= 11 is 0. The van der Waals surface area contributed by atoms with E-state index >= 15 is 0 Å².